The zero-order chi connectivity index (χ0) is 27.2. The molecule has 0 saturated carbocycles. The van der Waals surface area contributed by atoms with Crippen LogP contribution in [0.4, 0.5) is 16.2 Å². The van der Waals surface area contributed by atoms with Crippen LogP contribution < -0.4 is 15.1 Å². The van der Waals surface area contributed by atoms with E-state index in [0.29, 0.717) is 27.7 Å². The van der Waals surface area contributed by atoms with E-state index in [1.807, 2.05) is 55.4 Å². The van der Waals surface area contributed by atoms with Crippen molar-refractivity contribution in [2.24, 2.45) is 0 Å². The Morgan fingerprint density at radius 3 is 2.26 bits per heavy atom. The normalized spacial score (nSPS) is 20.6. The van der Waals surface area contributed by atoms with E-state index in [1.165, 1.54) is 0 Å². The molecule has 2 saturated heterocycles. The topological polar surface area (TPSA) is 73.0 Å². The third-order valence-corrected chi connectivity index (χ3v) is 7.99. The van der Waals surface area contributed by atoms with Crippen molar-refractivity contribution in [3.05, 3.63) is 92.4 Å². The molecule has 0 radical (unpaired) electrons. The Morgan fingerprint density at radius 1 is 1.03 bits per heavy atom. The van der Waals surface area contributed by atoms with Crippen LogP contribution in [-0.2, 0) is 11.2 Å². The number of amides is 4. The van der Waals surface area contributed by atoms with Crippen LogP contribution in [0.15, 0.2) is 71.2 Å². The Labute approximate surface area is 239 Å². The molecule has 2 aliphatic heterocycles. The highest BCUT2D eigenvalue weighted by Gasteiger charge is 2.62. The Kier molecular flexibility index (Phi) is 7.15. The predicted molar refractivity (Wildman–Crippen MR) is 153 cm³/mol. The number of halogens is 3. The summed E-state index contributed by atoms with van der Waals surface area (Å²) in [7, 11) is 3.86. The summed E-state index contributed by atoms with van der Waals surface area (Å²) in [5, 5.41) is 3.69. The summed E-state index contributed by atoms with van der Waals surface area (Å²) in [6, 6.07) is 18.7. The number of hydrogen-bond acceptors (Lipinski definition) is 4. The number of anilines is 2. The molecule has 196 valence electrons. The molecule has 2 heterocycles. The van der Waals surface area contributed by atoms with Crippen LogP contribution in [0.25, 0.3) is 0 Å². The van der Waals surface area contributed by atoms with Crippen molar-refractivity contribution in [1.29, 1.82) is 0 Å². The highest BCUT2D eigenvalue weighted by atomic mass is 79.9. The van der Waals surface area contributed by atoms with Gasteiger partial charge in [-0.25, -0.2) is 9.69 Å². The van der Waals surface area contributed by atoms with Crippen molar-refractivity contribution >= 4 is 68.4 Å². The summed E-state index contributed by atoms with van der Waals surface area (Å²) in [5.41, 5.74) is 1.55. The standard InChI is InChI=1S/C28H25BrCl2N4O3/c1-33(2)23-9-5-18(6-10-23)25(36)32-22-15-28(14-17-3-7-19(29)8-4-17)26(37)35(27(38)34(28)16-22)24-12-20(30)11-21(31)13-24/h3-13,22H,14-16H2,1-2H3,(H,32,36). The van der Waals surface area contributed by atoms with Crippen LogP contribution in [-0.4, -0.2) is 55.0 Å². The first-order chi connectivity index (χ1) is 18.1. The molecule has 2 fully saturated rings. The number of rotatable bonds is 6. The third kappa shape index (κ3) is 4.88. The van der Waals surface area contributed by atoms with Crippen LogP contribution in [0.5, 0.6) is 0 Å². The van der Waals surface area contributed by atoms with E-state index < -0.39 is 17.6 Å². The molecule has 7 nitrogen and oxygen atoms in total. The summed E-state index contributed by atoms with van der Waals surface area (Å²) >= 11 is 15.8. The minimum Gasteiger partial charge on any atom is -0.378 e. The summed E-state index contributed by atoms with van der Waals surface area (Å²) in [5.74, 6) is -0.616. The molecule has 2 aliphatic rings. The number of nitrogens with one attached hydrogen (secondary N) is 1. The number of nitrogens with zero attached hydrogens (tertiary/aromatic N) is 3. The van der Waals surface area contributed by atoms with E-state index in [2.05, 4.69) is 21.2 Å². The fourth-order valence-electron chi connectivity index (χ4n) is 5.21. The molecule has 0 aliphatic carbocycles. The zero-order valence-corrected chi connectivity index (χ0v) is 23.8. The maximum absolute atomic E-state index is 14.1. The summed E-state index contributed by atoms with van der Waals surface area (Å²) in [6.07, 6.45) is 0.583. The van der Waals surface area contributed by atoms with E-state index in [9.17, 15) is 14.4 Å². The van der Waals surface area contributed by atoms with Gasteiger partial charge in [0, 0.05) is 65.3 Å². The average Bonchev–Trinajstić information content (AvgIpc) is 3.31. The van der Waals surface area contributed by atoms with Gasteiger partial charge in [0.2, 0.25) is 0 Å². The van der Waals surface area contributed by atoms with Crippen LogP contribution in [0.2, 0.25) is 10.0 Å². The Morgan fingerprint density at radius 2 is 1.66 bits per heavy atom. The lowest BCUT2D eigenvalue weighted by Gasteiger charge is -2.28. The molecule has 2 atom stereocenters. The van der Waals surface area contributed by atoms with Gasteiger partial charge >= 0.3 is 6.03 Å². The quantitative estimate of drug-likeness (QED) is 0.357. The summed E-state index contributed by atoms with van der Waals surface area (Å²) in [6.45, 7) is 0.202. The molecule has 3 aromatic carbocycles. The molecule has 1 N–H and O–H groups in total. The lowest BCUT2D eigenvalue weighted by Crippen LogP contribution is -2.47. The number of hydrogen-bond donors (Lipinski definition) is 1. The highest BCUT2D eigenvalue weighted by molar-refractivity contribution is 9.10. The first kappa shape index (κ1) is 26.5. The van der Waals surface area contributed by atoms with E-state index in [1.54, 1.807) is 35.2 Å². The molecular weight excluding hydrogens is 591 g/mol. The van der Waals surface area contributed by atoms with Gasteiger partial charge in [-0.05, 0) is 60.2 Å². The van der Waals surface area contributed by atoms with E-state index >= 15 is 0 Å². The third-order valence-electron chi connectivity index (χ3n) is 7.02. The Bertz CT molecular complexity index is 1390. The van der Waals surface area contributed by atoms with Crippen molar-refractivity contribution in [3.8, 4) is 0 Å². The molecule has 10 heteroatoms. The fourth-order valence-corrected chi connectivity index (χ4v) is 5.99. The second kappa shape index (κ2) is 10.2. The Balaban J connectivity index is 1.45. The monoisotopic (exact) mass is 614 g/mol. The number of fused-ring (bicyclic) bond motifs is 1. The van der Waals surface area contributed by atoms with Crippen molar-refractivity contribution in [1.82, 2.24) is 10.2 Å². The first-order valence-electron chi connectivity index (χ1n) is 12.0. The number of urea groups is 1. The van der Waals surface area contributed by atoms with Crippen molar-refractivity contribution in [3.63, 3.8) is 0 Å². The Hall–Kier alpha value is -3.07. The van der Waals surface area contributed by atoms with Crippen LogP contribution >= 0.6 is 39.1 Å². The predicted octanol–water partition coefficient (Wildman–Crippen LogP) is 5.77. The van der Waals surface area contributed by atoms with Gasteiger partial charge in [-0.15, -0.1) is 0 Å². The minimum atomic E-state index is -1.16. The van der Waals surface area contributed by atoms with Gasteiger partial charge in [-0.3, -0.25) is 9.59 Å². The van der Waals surface area contributed by atoms with Gasteiger partial charge in [0.25, 0.3) is 11.8 Å². The molecule has 4 amide bonds. The molecule has 5 rings (SSSR count). The van der Waals surface area contributed by atoms with E-state index in [-0.39, 0.29) is 24.8 Å². The van der Waals surface area contributed by atoms with Gasteiger partial charge in [-0.2, -0.15) is 0 Å². The number of carbonyl (C=O) groups excluding carboxylic acids is 3. The van der Waals surface area contributed by atoms with Gasteiger partial charge in [0.05, 0.1) is 5.69 Å². The van der Waals surface area contributed by atoms with Crippen molar-refractivity contribution in [2.75, 3.05) is 30.4 Å². The number of carbonyl (C=O) groups is 3. The van der Waals surface area contributed by atoms with E-state index in [0.717, 1.165) is 20.6 Å². The number of imide groups is 1. The molecule has 0 bridgehead atoms. The second-order valence-corrected chi connectivity index (χ2v) is 11.6. The maximum Gasteiger partial charge on any atom is 0.332 e. The zero-order valence-electron chi connectivity index (χ0n) is 20.7. The summed E-state index contributed by atoms with van der Waals surface area (Å²) < 4.78 is 0.913. The number of benzene rings is 3. The molecule has 2 unspecified atom stereocenters. The lowest BCUT2D eigenvalue weighted by atomic mass is 9.87. The van der Waals surface area contributed by atoms with Gasteiger partial charge < -0.3 is 15.1 Å². The van der Waals surface area contributed by atoms with Gasteiger partial charge in [-0.1, -0.05) is 51.3 Å². The van der Waals surface area contributed by atoms with Crippen LogP contribution in [0, 0.1) is 0 Å². The SMILES string of the molecule is CN(C)c1ccc(C(=O)NC2CN3C(=O)N(c4cc(Cl)cc(Cl)c4)C(=O)C3(Cc3ccc(Br)cc3)C2)cc1. The van der Waals surface area contributed by atoms with Crippen molar-refractivity contribution < 1.29 is 14.4 Å². The first-order valence-corrected chi connectivity index (χ1v) is 13.6. The molecule has 38 heavy (non-hydrogen) atoms. The molecule has 0 spiro atoms. The smallest absolute Gasteiger partial charge is 0.332 e. The molecule has 3 aromatic rings. The van der Waals surface area contributed by atoms with Crippen LogP contribution in [0.3, 0.4) is 0 Å². The molecular formula is C28H25BrCl2N4O3. The lowest BCUT2D eigenvalue weighted by molar-refractivity contribution is -0.124. The van der Waals surface area contributed by atoms with Gasteiger partial charge in [0.1, 0.15) is 5.54 Å². The minimum absolute atomic E-state index is 0.202. The molecule has 0 aromatic heterocycles. The maximum atomic E-state index is 14.1. The highest BCUT2D eigenvalue weighted by Crippen LogP contribution is 2.43. The second-order valence-electron chi connectivity index (χ2n) is 9.81. The summed E-state index contributed by atoms with van der Waals surface area (Å²) in [4.78, 5) is 45.5. The largest absolute Gasteiger partial charge is 0.378 e. The average molecular weight is 616 g/mol. The van der Waals surface area contributed by atoms with Gasteiger partial charge in [0.15, 0.2) is 0 Å². The van der Waals surface area contributed by atoms with Crippen molar-refractivity contribution in [2.45, 2.75) is 24.4 Å². The fraction of sp³-hybridized carbons (Fsp3) is 0.250. The van der Waals surface area contributed by atoms with E-state index in [4.69, 9.17) is 23.2 Å². The van der Waals surface area contributed by atoms with Crippen LogP contribution in [0.1, 0.15) is 22.3 Å².